The van der Waals surface area contributed by atoms with E-state index in [1.165, 1.54) is 36.4 Å². The highest BCUT2D eigenvalue weighted by Crippen LogP contribution is 2.30. The van der Waals surface area contributed by atoms with Crippen LogP contribution in [-0.2, 0) is 0 Å². The summed E-state index contributed by atoms with van der Waals surface area (Å²) in [5, 5.41) is 0. The first-order chi connectivity index (χ1) is 8.83. The molecule has 6 heteroatoms. The van der Waals surface area contributed by atoms with Crippen molar-refractivity contribution >= 4 is 5.69 Å². The van der Waals surface area contributed by atoms with Crippen LogP contribution in [0.3, 0.4) is 0 Å². The smallest absolute Gasteiger partial charge is 0.406 e. The van der Waals surface area contributed by atoms with Crippen molar-refractivity contribution in [2.24, 2.45) is 0 Å². The molecule has 0 heterocycles. The Balaban J connectivity index is 2.39. The maximum absolute atomic E-state index is 12.8. The van der Waals surface area contributed by atoms with Crippen LogP contribution in [0, 0.1) is 5.82 Å². The van der Waals surface area contributed by atoms with Crippen molar-refractivity contribution in [1.29, 1.82) is 0 Å². The molecule has 0 unspecified atom stereocenters. The fourth-order valence-electron chi connectivity index (χ4n) is 1.62. The van der Waals surface area contributed by atoms with Gasteiger partial charge < -0.3 is 10.5 Å². The largest absolute Gasteiger partial charge is 0.573 e. The molecular formula is C13H9F4NO. The number of benzene rings is 2. The zero-order valence-corrected chi connectivity index (χ0v) is 9.54. The van der Waals surface area contributed by atoms with Crippen LogP contribution in [0.4, 0.5) is 23.2 Å². The van der Waals surface area contributed by atoms with Gasteiger partial charge in [0.05, 0.1) is 0 Å². The lowest BCUT2D eigenvalue weighted by molar-refractivity contribution is -0.274. The summed E-state index contributed by atoms with van der Waals surface area (Å²) < 4.78 is 53.0. The molecule has 0 bridgehead atoms. The Hall–Kier alpha value is -2.24. The SMILES string of the molecule is Nc1cc(OC(F)(F)F)cc(-c2ccc(F)cc2)c1. The molecule has 0 radical (unpaired) electrons. The van der Waals surface area contributed by atoms with Gasteiger partial charge in [0, 0.05) is 11.8 Å². The van der Waals surface area contributed by atoms with E-state index >= 15 is 0 Å². The third-order valence-corrected chi connectivity index (χ3v) is 2.34. The van der Waals surface area contributed by atoms with Crippen LogP contribution < -0.4 is 10.5 Å². The van der Waals surface area contributed by atoms with Crippen molar-refractivity contribution in [3.8, 4) is 16.9 Å². The highest BCUT2D eigenvalue weighted by molar-refractivity contribution is 5.69. The molecule has 100 valence electrons. The average molecular weight is 271 g/mol. The zero-order valence-electron chi connectivity index (χ0n) is 9.54. The first-order valence-corrected chi connectivity index (χ1v) is 5.26. The summed E-state index contributed by atoms with van der Waals surface area (Å²) in [6.07, 6.45) is -4.78. The summed E-state index contributed by atoms with van der Waals surface area (Å²) in [6.45, 7) is 0. The molecule has 2 N–H and O–H groups in total. The van der Waals surface area contributed by atoms with E-state index in [2.05, 4.69) is 4.74 Å². The molecule has 0 amide bonds. The first kappa shape index (κ1) is 13.2. The molecule has 2 aromatic carbocycles. The molecule has 19 heavy (non-hydrogen) atoms. The van der Waals surface area contributed by atoms with Gasteiger partial charge in [-0.2, -0.15) is 0 Å². The number of nitrogen functional groups attached to an aromatic ring is 1. The summed E-state index contributed by atoms with van der Waals surface area (Å²) in [5.74, 6) is -0.841. The lowest BCUT2D eigenvalue weighted by Gasteiger charge is -2.11. The van der Waals surface area contributed by atoms with Crippen molar-refractivity contribution in [2.75, 3.05) is 5.73 Å². The third-order valence-electron chi connectivity index (χ3n) is 2.34. The summed E-state index contributed by atoms with van der Waals surface area (Å²) in [7, 11) is 0. The maximum atomic E-state index is 12.8. The Labute approximate surface area is 106 Å². The Kier molecular flexibility index (Phi) is 3.33. The van der Waals surface area contributed by atoms with Crippen molar-refractivity contribution < 1.29 is 22.3 Å². The lowest BCUT2D eigenvalue weighted by Crippen LogP contribution is -2.17. The highest BCUT2D eigenvalue weighted by Gasteiger charge is 2.31. The van der Waals surface area contributed by atoms with Crippen LogP contribution in [-0.4, -0.2) is 6.36 Å². The monoisotopic (exact) mass is 271 g/mol. The molecule has 0 aliphatic carbocycles. The Bertz CT molecular complexity index is 578. The van der Waals surface area contributed by atoms with E-state index in [1.807, 2.05) is 0 Å². The van der Waals surface area contributed by atoms with Gasteiger partial charge in [-0.25, -0.2) is 4.39 Å². The number of rotatable bonds is 2. The standard InChI is InChI=1S/C13H9F4NO/c14-10-3-1-8(2-4-10)9-5-11(18)7-12(6-9)19-13(15,16)17/h1-7H,18H2. The molecule has 0 aromatic heterocycles. The number of hydrogen-bond donors (Lipinski definition) is 1. The first-order valence-electron chi connectivity index (χ1n) is 5.26. The Morgan fingerprint density at radius 1 is 0.895 bits per heavy atom. The third kappa shape index (κ3) is 3.61. The molecule has 0 spiro atoms. The fourth-order valence-corrected chi connectivity index (χ4v) is 1.62. The molecule has 0 fully saturated rings. The van der Waals surface area contributed by atoms with E-state index < -0.39 is 17.9 Å². The second-order valence-corrected chi connectivity index (χ2v) is 3.85. The van der Waals surface area contributed by atoms with Crippen molar-refractivity contribution in [1.82, 2.24) is 0 Å². The summed E-state index contributed by atoms with van der Waals surface area (Å²) in [5.41, 5.74) is 6.61. The fraction of sp³-hybridized carbons (Fsp3) is 0.0769. The van der Waals surface area contributed by atoms with Gasteiger partial charge in [0.2, 0.25) is 0 Å². The highest BCUT2D eigenvalue weighted by atomic mass is 19.4. The van der Waals surface area contributed by atoms with E-state index in [-0.39, 0.29) is 5.69 Å². The molecular weight excluding hydrogens is 262 g/mol. The van der Waals surface area contributed by atoms with Crippen molar-refractivity contribution in [3.63, 3.8) is 0 Å². The Morgan fingerprint density at radius 3 is 2.11 bits per heavy atom. The van der Waals surface area contributed by atoms with E-state index in [0.29, 0.717) is 11.1 Å². The van der Waals surface area contributed by atoms with Gasteiger partial charge >= 0.3 is 6.36 Å². The van der Waals surface area contributed by atoms with Gasteiger partial charge in [0.1, 0.15) is 11.6 Å². The minimum Gasteiger partial charge on any atom is -0.406 e. The van der Waals surface area contributed by atoms with Gasteiger partial charge in [-0.3, -0.25) is 0 Å². The van der Waals surface area contributed by atoms with Gasteiger partial charge in [-0.05, 0) is 35.4 Å². The second kappa shape index (κ2) is 4.79. The molecule has 0 aliphatic rings. The normalized spacial score (nSPS) is 11.4. The second-order valence-electron chi connectivity index (χ2n) is 3.85. The topological polar surface area (TPSA) is 35.2 Å². The number of nitrogens with two attached hydrogens (primary N) is 1. The predicted molar refractivity (Wildman–Crippen MR) is 62.9 cm³/mol. The quantitative estimate of drug-likeness (QED) is 0.662. The maximum Gasteiger partial charge on any atom is 0.573 e. The molecule has 2 aromatic rings. The van der Waals surface area contributed by atoms with Crippen LogP contribution >= 0.6 is 0 Å². The summed E-state index contributed by atoms with van der Waals surface area (Å²) >= 11 is 0. The minimum atomic E-state index is -4.78. The predicted octanol–water partition coefficient (Wildman–Crippen LogP) is 3.97. The van der Waals surface area contributed by atoms with Crippen LogP contribution in [0.15, 0.2) is 42.5 Å². The number of anilines is 1. The average Bonchev–Trinajstić information content (AvgIpc) is 2.26. The van der Waals surface area contributed by atoms with Crippen LogP contribution in [0.1, 0.15) is 0 Å². The summed E-state index contributed by atoms with van der Waals surface area (Å²) in [6, 6.07) is 9.06. The minimum absolute atomic E-state index is 0.126. The summed E-state index contributed by atoms with van der Waals surface area (Å²) in [4.78, 5) is 0. The molecule has 0 atom stereocenters. The van der Waals surface area contributed by atoms with Crippen molar-refractivity contribution in [3.05, 3.63) is 48.3 Å². The molecule has 2 nitrogen and oxygen atoms in total. The van der Waals surface area contributed by atoms with Gasteiger partial charge in [0.15, 0.2) is 0 Å². The van der Waals surface area contributed by atoms with E-state index in [9.17, 15) is 17.6 Å². The lowest BCUT2D eigenvalue weighted by atomic mass is 10.0. The molecule has 0 saturated carbocycles. The van der Waals surface area contributed by atoms with Gasteiger partial charge in [-0.15, -0.1) is 13.2 Å². The van der Waals surface area contributed by atoms with Crippen LogP contribution in [0.25, 0.3) is 11.1 Å². The van der Waals surface area contributed by atoms with Crippen molar-refractivity contribution in [2.45, 2.75) is 6.36 Å². The number of ether oxygens (including phenoxy) is 1. The van der Waals surface area contributed by atoms with Crippen LogP contribution in [0.2, 0.25) is 0 Å². The van der Waals surface area contributed by atoms with E-state index in [0.717, 1.165) is 6.07 Å². The molecule has 0 saturated heterocycles. The van der Waals surface area contributed by atoms with E-state index in [4.69, 9.17) is 5.73 Å². The molecule has 0 aliphatic heterocycles. The number of halogens is 4. The Morgan fingerprint density at radius 2 is 1.53 bits per heavy atom. The zero-order chi connectivity index (χ0) is 14.0. The number of hydrogen-bond acceptors (Lipinski definition) is 2. The molecule has 2 rings (SSSR count). The van der Waals surface area contributed by atoms with Gasteiger partial charge in [-0.1, -0.05) is 12.1 Å². The van der Waals surface area contributed by atoms with E-state index in [1.54, 1.807) is 0 Å². The van der Waals surface area contributed by atoms with Gasteiger partial charge in [0.25, 0.3) is 0 Å². The number of alkyl halides is 3. The van der Waals surface area contributed by atoms with Crippen LogP contribution in [0.5, 0.6) is 5.75 Å².